The molecule has 4 heteroatoms. The van der Waals surface area contributed by atoms with Crippen molar-refractivity contribution in [1.82, 2.24) is 0 Å². The molecule has 0 unspecified atom stereocenters. The number of benzene rings is 2. The van der Waals surface area contributed by atoms with Crippen LogP contribution in [-0.4, -0.2) is 7.11 Å². The zero-order valence-corrected chi connectivity index (χ0v) is 14.7. The van der Waals surface area contributed by atoms with Crippen LogP contribution >= 0.6 is 0 Å². The highest BCUT2D eigenvalue weighted by Crippen LogP contribution is 2.22. The zero-order valence-electron chi connectivity index (χ0n) is 14.7. The molecule has 2 aromatic carbocycles. The van der Waals surface area contributed by atoms with Crippen LogP contribution in [0.5, 0.6) is 5.75 Å². The molecule has 1 atom stereocenters. The Kier molecular flexibility index (Phi) is 5.51. The first kappa shape index (κ1) is 17.2. The summed E-state index contributed by atoms with van der Waals surface area (Å²) in [6.07, 6.45) is 2.21. The second-order valence-corrected chi connectivity index (χ2v) is 6.20. The van der Waals surface area contributed by atoms with Gasteiger partial charge in [-0.05, 0) is 12.1 Å². The first-order valence-corrected chi connectivity index (χ1v) is 8.70. The van der Waals surface area contributed by atoms with E-state index in [1.54, 1.807) is 19.2 Å². The van der Waals surface area contributed by atoms with Crippen molar-refractivity contribution in [2.45, 2.75) is 32.4 Å². The van der Waals surface area contributed by atoms with E-state index in [-0.39, 0.29) is 5.63 Å². The molecule has 130 valence electrons. The molecule has 0 fully saturated rings. The average Bonchev–Trinajstić information content (AvgIpc) is 2.64. The zero-order chi connectivity index (χ0) is 17.6. The fourth-order valence-electron chi connectivity index (χ4n) is 3.21. The van der Waals surface area contributed by atoms with Crippen LogP contribution in [0.25, 0.3) is 11.0 Å². The van der Waals surface area contributed by atoms with Crippen molar-refractivity contribution in [3.63, 3.8) is 0 Å². The summed E-state index contributed by atoms with van der Waals surface area (Å²) < 4.78 is 10.6. The van der Waals surface area contributed by atoms with Crippen molar-refractivity contribution in [3.8, 4) is 5.75 Å². The number of quaternary nitrogens is 1. The summed E-state index contributed by atoms with van der Waals surface area (Å²) in [4.78, 5) is 11.9. The van der Waals surface area contributed by atoms with Crippen molar-refractivity contribution < 1.29 is 14.5 Å². The van der Waals surface area contributed by atoms with Crippen molar-refractivity contribution >= 4 is 11.0 Å². The summed E-state index contributed by atoms with van der Waals surface area (Å²) in [5, 5.41) is 3.26. The van der Waals surface area contributed by atoms with Gasteiger partial charge in [-0.3, -0.25) is 0 Å². The Hall–Kier alpha value is -2.59. The van der Waals surface area contributed by atoms with Gasteiger partial charge in [-0.25, -0.2) is 4.79 Å². The molecule has 3 rings (SSSR count). The van der Waals surface area contributed by atoms with Crippen LogP contribution in [0.2, 0.25) is 0 Å². The topological polar surface area (TPSA) is 56.0 Å². The first-order valence-electron chi connectivity index (χ1n) is 8.70. The van der Waals surface area contributed by atoms with Gasteiger partial charge in [0.2, 0.25) is 0 Å². The van der Waals surface area contributed by atoms with Crippen LogP contribution in [-0.2, 0) is 6.54 Å². The van der Waals surface area contributed by atoms with E-state index in [9.17, 15) is 4.79 Å². The van der Waals surface area contributed by atoms with Gasteiger partial charge in [0, 0.05) is 35.1 Å². The molecular weight excluding hydrogens is 314 g/mol. The molecule has 0 aliphatic rings. The largest absolute Gasteiger partial charge is 0.497 e. The summed E-state index contributed by atoms with van der Waals surface area (Å²) >= 11 is 0. The third kappa shape index (κ3) is 4.09. The highest BCUT2D eigenvalue weighted by atomic mass is 16.5. The van der Waals surface area contributed by atoms with Gasteiger partial charge >= 0.3 is 5.63 Å². The lowest BCUT2D eigenvalue weighted by Crippen LogP contribution is -2.83. The third-order valence-corrected chi connectivity index (χ3v) is 4.49. The fraction of sp³-hybridized carbons (Fsp3) is 0.286. The van der Waals surface area contributed by atoms with Gasteiger partial charge < -0.3 is 14.5 Å². The quantitative estimate of drug-likeness (QED) is 0.672. The maximum atomic E-state index is 11.9. The lowest BCUT2D eigenvalue weighted by atomic mass is 10.0. The molecule has 0 spiro atoms. The summed E-state index contributed by atoms with van der Waals surface area (Å²) in [5.41, 5.74) is 2.56. The second-order valence-electron chi connectivity index (χ2n) is 6.20. The Morgan fingerprint density at radius 2 is 1.92 bits per heavy atom. The minimum Gasteiger partial charge on any atom is -0.497 e. The van der Waals surface area contributed by atoms with Gasteiger partial charge in [-0.2, -0.15) is 0 Å². The number of rotatable bonds is 7. The number of ether oxygens (including phenoxy) is 1. The van der Waals surface area contributed by atoms with Crippen molar-refractivity contribution in [2.24, 2.45) is 0 Å². The van der Waals surface area contributed by atoms with Gasteiger partial charge in [-0.15, -0.1) is 0 Å². The van der Waals surface area contributed by atoms with Crippen LogP contribution in [0.15, 0.2) is 63.8 Å². The molecule has 1 heterocycles. The monoisotopic (exact) mass is 338 g/mol. The van der Waals surface area contributed by atoms with Gasteiger partial charge in [0.1, 0.15) is 23.9 Å². The van der Waals surface area contributed by atoms with Crippen LogP contribution in [0.3, 0.4) is 0 Å². The number of nitrogens with two attached hydrogens (primary N) is 1. The van der Waals surface area contributed by atoms with E-state index in [0.29, 0.717) is 17.4 Å². The highest BCUT2D eigenvalue weighted by Gasteiger charge is 2.15. The Morgan fingerprint density at radius 3 is 2.64 bits per heavy atom. The van der Waals surface area contributed by atoms with Crippen molar-refractivity contribution in [3.05, 3.63) is 76.1 Å². The summed E-state index contributed by atoms with van der Waals surface area (Å²) in [6, 6.07) is 18.1. The first-order chi connectivity index (χ1) is 12.2. The average molecular weight is 338 g/mol. The van der Waals surface area contributed by atoms with E-state index in [1.165, 1.54) is 5.56 Å². The summed E-state index contributed by atoms with van der Waals surface area (Å²) in [5.74, 6) is 0.685. The predicted octanol–water partition coefficient (Wildman–Crippen LogP) is 3.41. The summed E-state index contributed by atoms with van der Waals surface area (Å²) in [6.45, 7) is 2.93. The normalized spacial score (nSPS) is 12.2. The molecule has 0 bridgehead atoms. The summed E-state index contributed by atoms with van der Waals surface area (Å²) in [7, 11) is 1.60. The van der Waals surface area contributed by atoms with E-state index in [4.69, 9.17) is 9.15 Å². The van der Waals surface area contributed by atoms with Crippen LogP contribution < -0.4 is 15.7 Å². The maximum absolute atomic E-state index is 11.9. The minimum absolute atomic E-state index is 0.323. The molecule has 0 radical (unpaired) electrons. The van der Waals surface area contributed by atoms with E-state index in [0.717, 1.165) is 30.3 Å². The lowest BCUT2D eigenvalue weighted by Gasteiger charge is -2.16. The van der Waals surface area contributed by atoms with Crippen LogP contribution in [0.4, 0.5) is 0 Å². The minimum atomic E-state index is -0.323. The van der Waals surface area contributed by atoms with Crippen molar-refractivity contribution in [1.29, 1.82) is 0 Å². The Morgan fingerprint density at radius 1 is 1.12 bits per heavy atom. The van der Waals surface area contributed by atoms with Gasteiger partial charge in [0.15, 0.2) is 0 Å². The lowest BCUT2D eigenvalue weighted by molar-refractivity contribution is -0.711. The molecule has 0 saturated carbocycles. The maximum Gasteiger partial charge on any atom is 0.336 e. The van der Waals surface area contributed by atoms with Gasteiger partial charge in [0.05, 0.1) is 7.11 Å². The second kappa shape index (κ2) is 7.99. The van der Waals surface area contributed by atoms with Crippen molar-refractivity contribution in [2.75, 3.05) is 7.11 Å². The molecule has 0 amide bonds. The Bertz CT molecular complexity index is 887. The predicted molar refractivity (Wildman–Crippen MR) is 98.8 cm³/mol. The van der Waals surface area contributed by atoms with E-state index in [1.807, 2.05) is 18.2 Å². The highest BCUT2D eigenvalue weighted by molar-refractivity contribution is 5.81. The molecule has 0 aliphatic carbocycles. The molecule has 0 saturated heterocycles. The number of fused-ring (bicyclic) bond motifs is 1. The molecule has 4 nitrogen and oxygen atoms in total. The van der Waals surface area contributed by atoms with E-state index in [2.05, 4.69) is 36.5 Å². The number of hydrogen-bond acceptors (Lipinski definition) is 3. The number of methoxy groups -OCH3 is 1. The third-order valence-electron chi connectivity index (χ3n) is 4.49. The SMILES string of the molecule is CCC[C@H]([NH2+]Cc1cc(=O)oc2cc(OC)ccc12)c1ccccc1. The molecule has 1 aromatic heterocycles. The Balaban J connectivity index is 1.87. The molecule has 2 N–H and O–H groups in total. The molecular formula is C21H24NO3+. The van der Waals surface area contributed by atoms with Gasteiger partial charge in [0.25, 0.3) is 0 Å². The standard InChI is InChI=1S/C21H23NO3/c1-3-7-19(15-8-5-4-6-9-15)22-14-16-12-21(23)25-20-13-17(24-2)10-11-18(16)20/h4-6,8-13,19,22H,3,7,14H2,1-2H3/p+1/t19-/m0/s1. The Labute approximate surface area is 147 Å². The fourth-order valence-corrected chi connectivity index (χ4v) is 3.21. The van der Waals surface area contributed by atoms with E-state index < -0.39 is 0 Å². The number of hydrogen-bond donors (Lipinski definition) is 1. The smallest absolute Gasteiger partial charge is 0.336 e. The molecule has 0 aliphatic heterocycles. The van der Waals surface area contributed by atoms with E-state index >= 15 is 0 Å². The van der Waals surface area contributed by atoms with Gasteiger partial charge in [-0.1, -0.05) is 43.7 Å². The van der Waals surface area contributed by atoms with Crippen LogP contribution in [0.1, 0.15) is 36.9 Å². The van der Waals surface area contributed by atoms with Crippen LogP contribution in [0, 0.1) is 0 Å². The molecule has 25 heavy (non-hydrogen) atoms. The molecule has 3 aromatic rings.